The van der Waals surface area contributed by atoms with E-state index in [2.05, 4.69) is 40.5 Å². The molecule has 143 heavy (non-hydrogen) atoms. The largest absolute Gasteiger partial charge is 0.482 e. The van der Waals surface area contributed by atoms with Gasteiger partial charge < -0.3 is 85.3 Å². The van der Waals surface area contributed by atoms with Crippen LogP contribution in [0.3, 0.4) is 0 Å². The first-order valence-corrected chi connectivity index (χ1v) is 52.4. The molecule has 1 aliphatic heterocycles. The molecule has 27 heteroatoms. The van der Waals surface area contributed by atoms with E-state index < -0.39 is 93.2 Å². The zero-order valence-electron chi connectivity index (χ0n) is 87.7. The Morgan fingerprint density at radius 2 is 0.818 bits per heavy atom. The number of hydrogen-bond acceptors (Lipinski definition) is 27. The molecule has 27 nitrogen and oxygen atoms in total. The molecule has 1 saturated heterocycles. The quantitative estimate of drug-likeness (QED) is 0.0115. The lowest BCUT2D eigenvalue weighted by Crippen LogP contribution is -2.60. The van der Waals surface area contributed by atoms with Crippen LogP contribution in [0.15, 0.2) is 146 Å². The summed E-state index contributed by atoms with van der Waals surface area (Å²) in [6, 6.07) is 32.9. The lowest BCUT2D eigenvalue weighted by Gasteiger charge is -2.60. The Bertz CT molecular complexity index is 5180. The molecule has 11 atom stereocenters. The molecule has 0 spiro atoms. The molecule has 1 heterocycles. The minimum atomic E-state index is -0.777. The van der Waals surface area contributed by atoms with Crippen molar-refractivity contribution in [1.82, 2.24) is 0 Å². The highest BCUT2D eigenvalue weighted by Gasteiger charge is 2.64. The third-order valence-electron chi connectivity index (χ3n) is 30.2. The summed E-state index contributed by atoms with van der Waals surface area (Å²) in [5, 5.41) is 1.67. The van der Waals surface area contributed by atoms with Gasteiger partial charge in [0.25, 0.3) is 0 Å². The third-order valence-corrected chi connectivity index (χ3v) is 30.2. The average Bonchev–Trinajstić information content (AvgIpc) is 1.19. The van der Waals surface area contributed by atoms with E-state index in [4.69, 9.17) is 85.3 Å². The highest BCUT2D eigenvalue weighted by atomic mass is 16.7. The Kier molecular flexibility index (Phi) is 38.1. The Morgan fingerprint density at radius 1 is 0.427 bits per heavy atom. The topological polar surface area (TPSA) is 320 Å². The SMILES string of the molecule is C=C(C)C(=O)OC(C)(CCC)c1ccc(OC(C)OCCOC(=O)C23CC4CC(CC(OCC(=O)OC5(CC)CCCC5)(C4)C2)C3)cc1.C=C(C)C(=O)OC(C)(CCC)c1ccc(OC(C)OCCOC(=O)c2ccc3cc(OCC(=O)OC(C)(C)C)ccc3c2)cc1.C=C(C)C(=O)OC(C)(CCC)c1ccc(OC2CCCC(COC(=O)C34CC5CC(CC(OCC(=O)OC6(CC)CCCC6)(C5)C3)C4)O2)cc1. The number of fused-ring (bicyclic) bond motifs is 1. The number of carbonyl (C=O) groups is 9. The molecule has 11 unspecified atom stereocenters. The summed E-state index contributed by atoms with van der Waals surface area (Å²) >= 11 is 0. The fourth-order valence-electron chi connectivity index (χ4n) is 23.8. The molecule has 10 aliphatic carbocycles. The van der Waals surface area contributed by atoms with Crippen LogP contribution in [-0.4, -0.2) is 160 Å². The number of rotatable bonds is 47. The van der Waals surface area contributed by atoms with Crippen LogP contribution in [0, 0.1) is 34.5 Å². The van der Waals surface area contributed by atoms with Gasteiger partial charge in [-0.3, -0.25) is 9.59 Å². The predicted octanol–water partition coefficient (Wildman–Crippen LogP) is 23.3. The predicted molar refractivity (Wildman–Crippen MR) is 538 cm³/mol. The maximum Gasteiger partial charge on any atom is 0.344 e. The van der Waals surface area contributed by atoms with Gasteiger partial charge in [0.05, 0.1) is 46.9 Å². The summed E-state index contributed by atoms with van der Waals surface area (Å²) in [5.41, 5.74) is -1.52. The standard InChI is InChI=1S/C41H58O9.C39H56O9.C36H44O9/c1-6-17-38(5,50-36(43)28(3)4)31-13-15-32(16-14-31)47-35-12-10-11-33(48-35)25-45-37(44)39-21-29-20-30(22-39)24-41(23-29,27-39)46-26-34(42)49-40(7-2)18-8-9-19-40;1-7-15-36(6,48-34(41)27(3)4)31-11-13-32(14-12-31)46-28(5)43-18-19-44-35(42)37-21-29-20-30(22-37)24-39(23-29,26-37)45-25-33(40)47-38(8-2)16-9-10-17-38;1-9-18-36(8,45-33(38)24(2)3)29-13-16-30(17-14-29)43-25(4)40-19-20-41-34(39)28-11-10-27-22-31(15-12-26(27)21-28)42-23-32(37)44-35(5,6)7/h13-16,29-30,33,35H,3,6-12,17-27H2,1-2,4-5H3;11-14,28-30H,3,7-10,15-26H2,1-2,4-6H3;10-17,21-22,25H,2,9,18-20,23H2,1,3-8H3. The summed E-state index contributed by atoms with van der Waals surface area (Å²) in [7, 11) is 0. The average molecular weight is 1980 g/mol. The van der Waals surface area contributed by atoms with E-state index in [-0.39, 0.29) is 94.0 Å². The molecule has 5 aromatic carbocycles. The van der Waals surface area contributed by atoms with Gasteiger partial charge in [-0.2, -0.15) is 0 Å². The molecular weight excluding hydrogens is 1830 g/mol. The fraction of sp³-hybridized carbons (Fsp3) is 0.629. The molecule has 784 valence electrons. The van der Waals surface area contributed by atoms with Crippen LogP contribution in [0.2, 0.25) is 0 Å². The summed E-state index contributed by atoms with van der Waals surface area (Å²) in [4.78, 5) is 115. The molecule has 0 N–H and O–H groups in total. The molecule has 0 aromatic heterocycles. The van der Waals surface area contributed by atoms with E-state index in [1.807, 2.05) is 101 Å². The zero-order valence-corrected chi connectivity index (χ0v) is 87.7. The smallest absolute Gasteiger partial charge is 0.344 e. The first kappa shape index (κ1) is 112. The van der Waals surface area contributed by atoms with Crippen LogP contribution in [0.5, 0.6) is 23.0 Å². The van der Waals surface area contributed by atoms with Crippen LogP contribution in [0.1, 0.15) is 337 Å². The molecule has 5 aromatic rings. The highest BCUT2D eigenvalue weighted by molar-refractivity contribution is 5.96. The normalized spacial score (nSPS) is 25.1. The van der Waals surface area contributed by atoms with Crippen molar-refractivity contribution in [2.75, 3.05) is 52.9 Å². The maximum atomic E-state index is 13.9. The van der Waals surface area contributed by atoms with Crippen LogP contribution in [0.4, 0.5) is 0 Å². The molecule has 8 bridgehead atoms. The van der Waals surface area contributed by atoms with Gasteiger partial charge in [0, 0.05) is 23.1 Å². The van der Waals surface area contributed by atoms with E-state index in [1.54, 1.807) is 97.9 Å². The number of benzene rings is 5. The van der Waals surface area contributed by atoms with Crippen molar-refractivity contribution in [2.45, 2.75) is 380 Å². The van der Waals surface area contributed by atoms with Crippen molar-refractivity contribution >= 4 is 64.5 Å². The monoisotopic (exact) mass is 1980 g/mol. The zero-order chi connectivity index (χ0) is 103. The molecule has 0 radical (unpaired) electrons. The van der Waals surface area contributed by atoms with Gasteiger partial charge in [0.15, 0.2) is 25.5 Å². The van der Waals surface area contributed by atoms with Crippen LogP contribution < -0.4 is 18.9 Å². The van der Waals surface area contributed by atoms with E-state index in [0.29, 0.717) is 101 Å². The number of carbonyl (C=O) groups excluding carboxylic acids is 9. The Hall–Kier alpha value is -10.2. The molecule has 16 rings (SSSR count). The second-order valence-electron chi connectivity index (χ2n) is 43.7. The molecule has 0 amide bonds. The maximum absolute atomic E-state index is 13.9. The van der Waals surface area contributed by atoms with Gasteiger partial charge in [-0.25, -0.2) is 33.6 Å². The fourth-order valence-corrected chi connectivity index (χ4v) is 23.8. The van der Waals surface area contributed by atoms with E-state index in [0.717, 1.165) is 194 Å². The Balaban J connectivity index is 0.000000192. The summed E-state index contributed by atoms with van der Waals surface area (Å²) < 4.78 is 106. The van der Waals surface area contributed by atoms with E-state index in [9.17, 15) is 43.2 Å². The highest BCUT2D eigenvalue weighted by Crippen LogP contribution is 2.65. The summed E-state index contributed by atoms with van der Waals surface area (Å²) in [6.45, 7) is 41.4. The first-order valence-electron chi connectivity index (χ1n) is 52.4. The van der Waals surface area contributed by atoms with Crippen molar-refractivity contribution in [3.05, 3.63) is 168 Å². The summed E-state index contributed by atoms with van der Waals surface area (Å²) in [6.07, 6.45) is 25.2. The van der Waals surface area contributed by atoms with Crippen LogP contribution in [-0.2, 0) is 121 Å². The molecular formula is C116H158O27. The third kappa shape index (κ3) is 30.1. The molecule has 11 aliphatic rings. The van der Waals surface area contributed by atoms with Gasteiger partial charge in [-0.1, -0.05) is 122 Å². The summed E-state index contributed by atoms with van der Waals surface area (Å²) in [5.74, 6) is 0.956. The van der Waals surface area contributed by atoms with Crippen molar-refractivity contribution in [3.8, 4) is 23.0 Å². The van der Waals surface area contributed by atoms with E-state index >= 15 is 0 Å². The first-order chi connectivity index (χ1) is 67.9. The number of esters is 9. The van der Waals surface area contributed by atoms with Gasteiger partial charge >= 0.3 is 53.7 Å². The van der Waals surface area contributed by atoms with Crippen LogP contribution in [0.25, 0.3) is 10.8 Å². The second kappa shape index (κ2) is 48.9. The number of ether oxygens (including phenoxy) is 18. The molecule has 11 fully saturated rings. The van der Waals surface area contributed by atoms with Gasteiger partial charge in [-0.05, 0) is 361 Å². The lowest BCUT2D eigenvalue weighted by atomic mass is 9.48. The Labute approximate surface area is 846 Å². The van der Waals surface area contributed by atoms with Gasteiger partial charge in [-0.15, -0.1) is 0 Å². The van der Waals surface area contributed by atoms with Crippen molar-refractivity contribution in [1.29, 1.82) is 0 Å². The lowest BCUT2D eigenvalue weighted by molar-refractivity contribution is -0.220. The minimum Gasteiger partial charge on any atom is -0.482 e. The second-order valence-corrected chi connectivity index (χ2v) is 43.7. The minimum absolute atomic E-state index is 0.0460. The van der Waals surface area contributed by atoms with Crippen LogP contribution >= 0.6 is 0 Å². The van der Waals surface area contributed by atoms with Gasteiger partial charge in [0.2, 0.25) is 0 Å². The molecule has 10 saturated carbocycles. The van der Waals surface area contributed by atoms with Crippen molar-refractivity contribution in [3.63, 3.8) is 0 Å². The Morgan fingerprint density at radius 3 is 1.22 bits per heavy atom. The van der Waals surface area contributed by atoms with Crippen molar-refractivity contribution < 1.29 is 128 Å². The number of hydrogen-bond donors (Lipinski definition) is 0. The van der Waals surface area contributed by atoms with E-state index in [1.165, 1.54) is 0 Å². The van der Waals surface area contributed by atoms with Crippen molar-refractivity contribution in [2.24, 2.45) is 34.5 Å². The van der Waals surface area contributed by atoms with Gasteiger partial charge in [0.1, 0.15) is 89.6 Å².